The standard InChI is InChI=1S/C28H22N2O2/c31-24-13-4-3-11-23(24)28-30-27-22(12-6-14-25(27)32-28)19-8-5-9-20(17-19)26-21-10-2-1-7-18(21)15-16-29-26/h3-6,8-9,11-17,31H,1-2,7,10H2. The predicted octanol–water partition coefficient (Wildman–Crippen LogP) is 6.81. The molecule has 0 saturated heterocycles. The molecule has 1 N–H and O–H groups in total. The number of aromatic hydroxyl groups is 1. The molecule has 0 spiro atoms. The van der Waals surface area contributed by atoms with Crippen molar-refractivity contribution in [3.05, 3.63) is 90.1 Å². The first-order valence-electron chi connectivity index (χ1n) is 11.0. The molecule has 0 unspecified atom stereocenters. The van der Waals surface area contributed by atoms with E-state index in [1.807, 2.05) is 30.5 Å². The second kappa shape index (κ2) is 7.65. The van der Waals surface area contributed by atoms with Crippen LogP contribution in [0, 0.1) is 0 Å². The summed E-state index contributed by atoms with van der Waals surface area (Å²) in [6, 6.07) is 23.7. The van der Waals surface area contributed by atoms with Crippen LogP contribution in [0.4, 0.5) is 0 Å². The average molecular weight is 418 g/mol. The lowest BCUT2D eigenvalue weighted by Crippen LogP contribution is -2.05. The molecule has 0 bridgehead atoms. The zero-order chi connectivity index (χ0) is 21.5. The third-order valence-corrected chi connectivity index (χ3v) is 6.28. The fraction of sp³-hybridized carbons (Fsp3) is 0.143. The van der Waals surface area contributed by atoms with Crippen LogP contribution >= 0.6 is 0 Å². The number of aromatic nitrogens is 2. The van der Waals surface area contributed by atoms with E-state index in [9.17, 15) is 5.11 Å². The summed E-state index contributed by atoms with van der Waals surface area (Å²) in [5, 5.41) is 10.2. The third-order valence-electron chi connectivity index (χ3n) is 6.28. The Labute approximate surface area is 186 Å². The van der Waals surface area contributed by atoms with Gasteiger partial charge in [0.25, 0.3) is 0 Å². The molecule has 0 aliphatic heterocycles. The zero-order valence-corrected chi connectivity index (χ0v) is 17.6. The minimum atomic E-state index is 0.155. The van der Waals surface area contributed by atoms with Gasteiger partial charge >= 0.3 is 0 Å². The van der Waals surface area contributed by atoms with E-state index < -0.39 is 0 Å². The Morgan fingerprint density at radius 1 is 0.781 bits per heavy atom. The number of para-hydroxylation sites is 2. The summed E-state index contributed by atoms with van der Waals surface area (Å²) in [5.41, 5.74) is 9.17. The van der Waals surface area contributed by atoms with E-state index in [4.69, 9.17) is 14.4 Å². The highest BCUT2D eigenvalue weighted by Crippen LogP contribution is 2.36. The number of pyridine rings is 1. The molecule has 2 heterocycles. The normalized spacial score (nSPS) is 13.2. The molecule has 2 aromatic heterocycles. The van der Waals surface area contributed by atoms with E-state index in [-0.39, 0.29) is 5.75 Å². The summed E-state index contributed by atoms with van der Waals surface area (Å²) >= 11 is 0. The summed E-state index contributed by atoms with van der Waals surface area (Å²) in [7, 11) is 0. The van der Waals surface area contributed by atoms with Gasteiger partial charge in [0.15, 0.2) is 5.58 Å². The molecule has 5 aromatic rings. The van der Waals surface area contributed by atoms with Crippen LogP contribution in [0.25, 0.3) is 44.9 Å². The van der Waals surface area contributed by atoms with E-state index in [0.29, 0.717) is 17.0 Å². The number of aryl methyl sites for hydroxylation is 1. The Morgan fingerprint density at radius 2 is 1.59 bits per heavy atom. The van der Waals surface area contributed by atoms with Crippen LogP contribution in [0.2, 0.25) is 0 Å². The van der Waals surface area contributed by atoms with Gasteiger partial charge in [-0.1, -0.05) is 42.5 Å². The fourth-order valence-electron chi connectivity index (χ4n) is 4.70. The SMILES string of the molecule is Oc1ccccc1-c1nc2c(-c3cccc(-c4nccc5c4CCCC5)c3)cccc2o1. The van der Waals surface area contributed by atoms with Gasteiger partial charge in [0.1, 0.15) is 11.3 Å². The van der Waals surface area contributed by atoms with Crippen LogP contribution in [-0.2, 0) is 12.8 Å². The summed E-state index contributed by atoms with van der Waals surface area (Å²) in [4.78, 5) is 9.50. The molecule has 156 valence electrons. The number of oxazole rings is 1. The minimum Gasteiger partial charge on any atom is -0.507 e. The van der Waals surface area contributed by atoms with Crippen LogP contribution in [0.3, 0.4) is 0 Å². The highest BCUT2D eigenvalue weighted by Gasteiger charge is 2.18. The van der Waals surface area contributed by atoms with Crippen molar-refractivity contribution in [3.63, 3.8) is 0 Å². The van der Waals surface area contributed by atoms with Crippen LogP contribution in [0.1, 0.15) is 24.0 Å². The first-order chi connectivity index (χ1) is 15.8. The molecule has 1 aliphatic rings. The molecule has 1 aliphatic carbocycles. The van der Waals surface area contributed by atoms with Crippen LogP contribution in [0.5, 0.6) is 5.75 Å². The van der Waals surface area contributed by atoms with Crippen molar-refractivity contribution in [2.75, 3.05) is 0 Å². The Hall–Kier alpha value is -3.92. The quantitative estimate of drug-likeness (QED) is 0.350. The molecule has 6 rings (SSSR count). The van der Waals surface area contributed by atoms with E-state index >= 15 is 0 Å². The van der Waals surface area contributed by atoms with Gasteiger partial charge in [-0.3, -0.25) is 4.98 Å². The minimum absolute atomic E-state index is 0.155. The molecule has 0 amide bonds. The molecule has 0 saturated carbocycles. The fourth-order valence-corrected chi connectivity index (χ4v) is 4.70. The van der Waals surface area contributed by atoms with Crippen LogP contribution in [0.15, 0.2) is 83.4 Å². The number of phenolic OH excluding ortho intramolecular Hbond substituents is 1. The van der Waals surface area contributed by atoms with Crippen molar-refractivity contribution >= 4 is 11.1 Å². The Morgan fingerprint density at radius 3 is 2.53 bits per heavy atom. The van der Waals surface area contributed by atoms with E-state index in [1.54, 1.807) is 12.1 Å². The first-order valence-corrected chi connectivity index (χ1v) is 11.0. The maximum atomic E-state index is 10.2. The van der Waals surface area contributed by atoms with Crippen molar-refractivity contribution in [1.82, 2.24) is 9.97 Å². The monoisotopic (exact) mass is 418 g/mol. The average Bonchev–Trinajstić information content (AvgIpc) is 3.28. The van der Waals surface area contributed by atoms with Gasteiger partial charge in [0.05, 0.1) is 11.3 Å². The van der Waals surface area contributed by atoms with E-state index in [0.717, 1.165) is 40.7 Å². The summed E-state index contributed by atoms with van der Waals surface area (Å²) in [5.74, 6) is 0.572. The molecule has 4 nitrogen and oxygen atoms in total. The molecule has 0 radical (unpaired) electrons. The highest BCUT2D eigenvalue weighted by atomic mass is 16.3. The lowest BCUT2D eigenvalue weighted by molar-refractivity contribution is 0.474. The van der Waals surface area contributed by atoms with Crippen molar-refractivity contribution in [2.24, 2.45) is 0 Å². The molecule has 3 aromatic carbocycles. The van der Waals surface area contributed by atoms with Gasteiger partial charge in [-0.15, -0.1) is 0 Å². The number of benzene rings is 3. The Bertz CT molecular complexity index is 1450. The number of rotatable bonds is 3. The summed E-state index contributed by atoms with van der Waals surface area (Å²) in [6.07, 6.45) is 6.63. The van der Waals surface area contributed by atoms with Gasteiger partial charge < -0.3 is 9.52 Å². The zero-order valence-electron chi connectivity index (χ0n) is 17.6. The summed E-state index contributed by atoms with van der Waals surface area (Å²) in [6.45, 7) is 0. The Balaban J connectivity index is 1.48. The second-order valence-corrected chi connectivity index (χ2v) is 8.27. The van der Waals surface area contributed by atoms with Crippen molar-refractivity contribution in [2.45, 2.75) is 25.7 Å². The number of nitrogens with zero attached hydrogens (tertiary/aromatic N) is 2. The maximum absolute atomic E-state index is 10.2. The van der Waals surface area contributed by atoms with E-state index in [1.165, 1.54) is 24.0 Å². The number of hydrogen-bond donors (Lipinski definition) is 1. The topological polar surface area (TPSA) is 59.2 Å². The lowest BCUT2D eigenvalue weighted by Gasteiger charge is -2.18. The van der Waals surface area contributed by atoms with Gasteiger partial charge in [-0.25, -0.2) is 4.98 Å². The second-order valence-electron chi connectivity index (χ2n) is 8.27. The summed E-state index contributed by atoms with van der Waals surface area (Å²) < 4.78 is 6.00. The van der Waals surface area contributed by atoms with Crippen molar-refractivity contribution in [3.8, 4) is 39.6 Å². The van der Waals surface area contributed by atoms with Gasteiger partial charge in [-0.05, 0) is 72.7 Å². The molecular formula is C28H22N2O2. The first kappa shape index (κ1) is 18.8. The lowest BCUT2D eigenvalue weighted by atomic mass is 9.88. The van der Waals surface area contributed by atoms with Gasteiger partial charge in [-0.2, -0.15) is 0 Å². The van der Waals surface area contributed by atoms with Gasteiger partial charge in [0.2, 0.25) is 5.89 Å². The molecule has 0 atom stereocenters. The molecular weight excluding hydrogens is 396 g/mol. The smallest absolute Gasteiger partial charge is 0.231 e. The third kappa shape index (κ3) is 3.16. The van der Waals surface area contributed by atoms with Gasteiger partial charge in [0, 0.05) is 17.3 Å². The highest BCUT2D eigenvalue weighted by molar-refractivity contribution is 5.93. The number of phenols is 1. The number of hydrogen-bond acceptors (Lipinski definition) is 4. The van der Waals surface area contributed by atoms with Crippen LogP contribution in [-0.4, -0.2) is 15.1 Å². The van der Waals surface area contributed by atoms with Crippen LogP contribution < -0.4 is 0 Å². The Kier molecular flexibility index (Phi) is 4.50. The largest absolute Gasteiger partial charge is 0.507 e. The van der Waals surface area contributed by atoms with E-state index in [2.05, 4.69) is 36.4 Å². The predicted molar refractivity (Wildman–Crippen MR) is 126 cm³/mol. The van der Waals surface area contributed by atoms with Crippen molar-refractivity contribution in [1.29, 1.82) is 0 Å². The molecule has 0 fully saturated rings. The maximum Gasteiger partial charge on any atom is 0.231 e. The number of fused-ring (bicyclic) bond motifs is 2. The molecule has 4 heteroatoms. The molecule has 32 heavy (non-hydrogen) atoms. The van der Waals surface area contributed by atoms with Crippen molar-refractivity contribution < 1.29 is 9.52 Å².